The molecule has 3 rings (SSSR count). The standard InChI is InChI=1S/C15H15NS2/c1-8-6-5-7-12-14(8)16-15(18-12)13-9(2)10(3)17-11(13)4/h5-7H,1-4H3. The van der Waals surface area contributed by atoms with Gasteiger partial charge in [0.15, 0.2) is 0 Å². The van der Waals surface area contributed by atoms with Crippen molar-refractivity contribution in [1.29, 1.82) is 0 Å². The molecular formula is C15H15NS2. The van der Waals surface area contributed by atoms with Gasteiger partial charge in [0.1, 0.15) is 5.01 Å². The number of hydrogen-bond donors (Lipinski definition) is 0. The summed E-state index contributed by atoms with van der Waals surface area (Å²) >= 11 is 3.67. The van der Waals surface area contributed by atoms with Gasteiger partial charge in [0.25, 0.3) is 0 Å². The molecule has 1 aromatic carbocycles. The van der Waals surface area contributed by atoms with Crippen molar-refractivity contribution in [2.24, 2.45) is 0 Å². The zero-order valence-corrected chi connectivity index (χ0v) is 12.6. The number of rotatable bonds is 1. The Morgan fingerprint density at radius 1 is 0.944 bits per heavy atom. The van der Waals surface area contributed by atoms with Crippen LogP contribution in [0.25, 0.3) is 20.8 Å². The van der Waals surface area contributed by atoms with Gasteiger partial charge < -0.3 is 0 Å². The molecule has 0 aliphatic carbocycles. The maximum atomic E-state index is 4.84. The number of para-hydroxylation sites is 1. The second kappa shape index (κ2) is 4.18. The van der Waals surface area contributed by atoms with Gasteiger partial charge in [-0.2, -0.15) is 0 Å². The van der Waals surface area contributed by atoms with Crippen LogP contribution >= 0.6 is 22.7 Å². The zero-order chi connectivity index (χ0) is 12.9. The van der Waals surface area contributed by atoms with E-state index < -0.39 is 0 Å². The molecule has 0 radical (unpaired) electrons. The molecular weight excluding hydrogens is 258 g/mol. The minimum absolute atomic E-state index is 1.15. The fourth-order valence-corrected chi connectivity index (χ4v) is 4.64. The Morgan fingerprint density at radius 2 is 1.72 bits per heavy atom. The molecule has 0 bridgehead atoms. The molecule has 0 saturated heterocycles. The lowest BCUT2D eigenvalue weighted by atomic mass is 10.1. The topological polar surface area (TPSA) is 12.9 Å². The maximum absolute atomic E-state index is 4.84. The first-order valence-electron chi connectivity index (χ1n) is 6.01. The van der Waals surface area contributed by atoms with E-state index in [4.69, 9.17) is 4.98 Å². The van der Waals surface area contributed by atoms with Crippen LogP contribution < -0.4 is 0 Å². The van der Waals surface area contributed by atoms with Crippen molar-refractivity contribution >= 4 is 32.9 Å². The van der Waals surface area contributed by atoms with Crippen LogP contribution in [-0.4, -0.2) is 4.98 Å². The molecule has 0 aliphatic rings. The molecule has 3 heteroatoms. The van der Waals surface area contributed by atoms with E-state index >= 15 is 0 Å². The normalized spacial score (nSPS) is 11.3. The summed E-state index contributed by atoms with van der Waals surface area (Å²) in [5.41, 5.74) is 5.14. The lowest BCUT2D eigenvalue weighted by molar-refractivity contribution is 1.37. The summed E-state index contributed by atoms with van der Waals surface area (Å²) in [7, 11) is 0. The molecule has 18 heavy (non-hydrogen) atoms. The van der Waals surface area contributed by atoms with E-state index in [2.05, 4.69) is 45.9 Å². The van der Waals surface area contributed by atoms with E-state index in [1.165, 1.54) is 36.2 Å². The van der Waals surface area contributed by atoms with Gasteiger partial charge in [-0.1, -0.05) is 12.1 Å². The molecule has 0 spiro atoms. The third-order valence-corrected chi connectivity index (χ3v) is 5.56. The molecule has 0 atom stereocenters. The molecule has 92 valence electrons. The van der Waals surface area contributed by atoms with Crippen molar-refractivity contribution in [2.75, 3.05) is 0 Å². The van der Waals surface area contributed by atoms with Crippen LogP contribution in [0, 0.1) is 27.7 Å². The van der Waals surface area contributed by atoms with Gasteiger partial charge in [-0.05, 0) is 44.9 Å². The number of thiazole rings is 1. The Morgan fingerprint density at radius 3 is 2.33 bits per heavy atom. The van der Waals surface area contributed by atoms with Gasteiger partial charge in [0, 0.05) is 15.3 Å². The van der Waals surface area contributed by atoms with Gasteiger partial charge in [-0.25, -0.2) is 4.98 Å². The van der Waals surface area contributed by atoms with E-state index in [1.807, 2.05) is 11.3 Å². The highest BCUT2D eigenvalue weighted by atomic mass is 32.1. The average Bonchev–Trinajstić information content (AvgIpc) is 2.83. The first kappa shape index (κ1) is 11.9. The van der Waals surface area contributed by atoms with Gasteiger partial charge in [0.05, 0.1) is 10.2 Å². The van der Waals surface area contributed by atoms with Crippen molar-refractivity contribution in [1.82, 2.24) is 4.98 Å². The third kappa shape index (κ3) is 1.70. The number of benzene rings is 1. The second-order valence-electron chi connectivity index (χ2n) is 4.66. The highest BCUT2D eigenvalue weighted by Gasteiger charge is 2.15. The molecule has 3 aromatic rings. The number of aryl methyl sites for hydroxylation is 3. The summed E-state index contributed by atoms with van der Waals surface area (Å²) in [5, 5.41) is 1.17. The minimum atomic E-state index is 1.15. The first-order chi connectivity index (χ1) is 8.58. The summed E-state index contributed by atoms with van der Waals surface area (Å²) in [4.78, 5) is 7.62. The predicted octanol–water partition coefficient (Wildman–Crippen LogP) is 5.26. The van der Waals surface area contributed by atoms with Crippen LogP contribution in [0.5, 0.6) is 0 Å². The van der Waals surface area contributed by atoms with Gasteiger partial charge in [-0.3, -0.25) is 0 Å². The van der Waals surface area contributed by atoms with Gasteiger partial charge >= 0.3 is 0 Å². The number of aromatic nitrogens is 1. The molecule has 0 N–H and O–H groups in total. The van der Waals surface area contributed by atoms with Gasteiger partial charge in [0.2, 0.25) is 0 Å². The molecule has 0 aliphatic heterocycles. The molecule has 0 fully saturated rings. The Kier molecular flexibility index (Phi) is 2.76. The summed E-state index contributed by atoms with van der Waals surface area (Å²) in [6, 6.07) is 6.40. The molecule has 0 unspecified atom stereocenters. The highest BCUT2D eigenvalue weighted by Crippen LogP contribution is 2.39. The smallest absolute Gasteiger partial charge is 0.126 e. The summed E-state index contributed by atoms with van der Waals surface area (Å²) in [6.07, 6.45) is 0. The van der Waals surface area contributed by atoms with E-state index in [0.29, 0.717) is 0 Å². The molecule has 2 aromatic heterocycles. The molecule has 2 heterocycles. The highest BCUT2D eigenvalue weighted by molar-refractivity contribution is 7.22. The van der Waals surface area contributed by atoms with Gasteiger partial charge in [-0.15, -0.1) is 22.7 Å². The summed E-state index contributed by atoms with van der Waals surface area (Å²) in [5.74, 6) is 0. The number of fused-ring (bicyclic) bond motifs is 1. The number of nitrogens with zero attached hydrogens (tertiary/aromatic N) is 1. The van der Waals surface area contributed by atoms with E-state index in [-0.39, 0.29) is 0 Å². The Labute approximate surface area is 115 Å². The first-order valence-corrected chi connectivity index (χ1v) is 7.64. The lowest BCUT2D eigenvalue weighted by Crippen LogP contribution is -1.81. The van der Waals surface area contributed by atoms with Crippen LogP contribution in [0.2, 0.25) is 0 Å². The number of thiophene rings is 1. The summed E-state index contributed by atoms with van der Waals surface area (Å²) in [6.45, 7) is 8.71. The largest absolute Gasteiger partial charge is 0.236 e. The number of hydrogen-bond acceptors (Lipinski definition) is 3. The van der Waals surface area contributed by atoms with Crippen molar-refractivity contribution in [3.63, 3.8) is 0 Å². The fourth-order valence-electron chi connectivity index (χ4n) is 2.30. The maximum Gasteiger partial charge on any atom is 0.126 e. The molecule has 0 saturated carbocycles. The van der Waals surface area contributed by atoms with Crippen LogP contribution in [0.15, 0.2) is 18.2 Å². The lowest BCUT2D eigenvalue weighted by Gasteiger charge is -1.96. The Hall–Kier alpha value is -1.19. The van der Waals surface area contributed by atoms with E-state index in [1.54, 1.807) is 11.3 Å². The molecule has 0 amide bonds. The third-order valence-electron chi connectivity index (χ3n) is 3.40. The quantitative estimate of drug-likeness (QED) is 0.589. The average molecular weight is 273 g/mol. The molecule has 1 nitrogen and oxygen atoms in total. The van der Waals surface area contributed by atoms with Crippen LogP contribution in [0.1, 0.15) is 20.9 Å². The van der Waals surface area contributed by atoms with Crippen LogP contribution in [0.3, 0.4) is 0 Å². The van der Waals surface area contributed by atoms with Crippen molar-refractivity contribution < 1.29 is 0 Å². The fraction of sp³-hybridized carbons (Fsp3) is 0.267. The van der Waals surface area contributed by atoms with Crippen molar-refractivity contribution in [2.45, 2.75) is 27.7 Å². The predicted molar refractivity (Wildman–Crippen MR) is 81.9 cm³/mol. The van der Waals surface area contributed by atoms with Crippen LogP contribution in [0.4, 0.5) is 0 Å². The van der Waals surface area contributed by atoms with E-state index in [9.17, 15) is 0 Å². The van der Waals surface area contributed by atoms with Crippen molar-refractivity contribution in [3.05, 3.63) is 39.1 Å². The summed E-state index contributed by atoms with van der Waals surface area (Å²) < 4.78 is 1.28. The monoisotopic (exact) mass is 273 g/mol. The zero-order valence-electron chi connectivity index (χ0n) is 11.0. The Balaban J connectivity index is 2.29. The minimum Gasteiger partial charge on any atom is -0.236 e. The van der Waals surface area contributed by atoms with E-state index in [0.717, 1.165) is 5.52 Å². The van der Waals surface area contributed by atoms with Crippen LogP contribution in [-0.2, 0) is 0 Å². The van der Waals surface area contributed by atoms with Crippen molar-refractivity contribution in [3.8, 4) is 10.6 Å². The Bertz CT molecular complexity index is 734. The SMILES string of the molecule is Cc1sc(C)c(-c2nc3c(C)cccc3s2)c1C. The second-order valence-corrected chi connectivity index (χ2v) is 7.11.